The zero-order chi connectivity index (χ0) is 25.4. The Hall–Kier alpha value is -4.62. The van der Waals surface area contributed by atoms with Crippen LogP contribution in [0.1, 0.15) is 25.0 Å². The molecule has 1 heterocycles. The summed E-state index contributed by atoms with van der Waals surface area (Å²) in [4.78, 5) is 0. The molecule has 8 rings (SSSR count). The third-order valence-corrected chi connectivity index (χ3v) is 8.54. The van der Waals surface area contributed by atoms with Crippen LogP contribution < -0.4 is 0 Å². The number of benzene rings is 6. The van der Waals surface area contributed by atoms with Crippen LogP contribution in [0.25, 0.3) is 60.5 Å². The van der Waals surface area contributed by atoms with Gasteiger partial charge in [0.15, 0.2) is 0 Å². The first-order chi connectivity index (χ1) is 18.6. The number of aromatic nitrogens is 1. The molecule has 0 amide bonds. The van der Waals surface area contributed by atoms with E-state index in [0.29, 0.717) is 0 Å². The molecule has 0 atom stereocenters. The predicted octanol–water partition coefficient (Wildman–Crippen LogP) is 9.91. The molecular weight excluding hydrogens is 458 g/mol. The van der Waals surface area contributed by atoms with Crippen molar-refractivity contribution in [2.24, 2.45) is 0 Å². The SMILES string of the molecule is CC1(C)c2ccccc2-c2ccc3c(c21)c1ccccc1n3-c1cccc(-c2ccc3ccccc3c2)c1. The number of hydrogen-bond donors (Lipinski definition) is 0. The lowest BCUT2D eigenvalue weighted by molar-refractivity contribution is 0.666. The summed E-state index contributed by atoms with van der Waals surface area (Å²) in [6.07, 6.45) is 0. The molecule has 1 aromatic heterocycles. The molecule has 0 unspecified atom stereocenters. The van der Waals surface area contributed by atoms with Crippen molar-refractivity contribution >= 4 is 32.6 Å². The highest BCUT2D eigenvalue weighted by Gasteiger charge is 2.37. The molecule has 0 N–H and O–H groups in total. The van der Waals surface area contributed by atoms with Crippen LogP contribution in [0.3, 0.4) is 0 Å². The maximum absolute atomic E-state index is 2.45. The molecule has 1 heteroatoms. The van der Waals surface area contributed by atoms with Crippen LogP contribution in [0.2, 0.25) is 0 Å². The van der Waals surface area contributed by atoms with Crippen molar-refractivity contribution in [2.75, 3.05) is 0 Å². The van der Waals surface area contributed by atoms with Gasteiger partial charge in [-0.2, -0.15) is 0 Å². The van der Waals surface area contributed by atoms with Crippen LogP contribution in [0.15, 0.2) is 127 Å². The van der Waals surface area contributed by atoms with Crippen molar-refractivity contribution < 1.29 is 0 Å². The minimum Gasteiger partial charge on any atom is -0.309 e. The van der Waals surface area contributed by atoms with Gasteiger partial charge < -0.3 is 4.57 Å². The summed E-state index contributed by atoms with van der Waals surface area (Å²) in [5.41, 5.74) is 11.7. The second kappa shape index (κ2) is 7.69. The highest BCUT2D eigenvalue weighted by Crippen LogP contribution is 2.53. The van der Waals surface area contributed by atoms with Gasteiger partial charge in [-0.3, -0.25) is 0 Å². The Balaban J connectivity index is 1.40. The van der Waals surface area contributed by atoms with Crippen molar-refractivity contribution in [3.05, 3.63) is 139 Å². The maximum Gasteiger partial charge on any atom is 0.0544 e. The fraction of sp³-hybridized carbons (Fsp3) is 0.0811. The standard InChI is InChI=1S/C37H27N/c1-37(2)32-16-7-5-14-29(32)30-20-21-34-35(36(30)37)31-15-6-8-17-33(31)38(34)28-13-9-12-26(23-28)27-19-18-24-10-3-4-11-25(24)22-27/h3-23H,1-2H3. The average Bonchev–Trinajstić information content (AvgIpc) is 3.42. The van der Waals surface area contributed by atoms with Gasteiger partial charge in [-0.25, -0.2) is 0 Å². The third kappa shape index (κ3) is 2.87. The van der Waals surface area contributed by atoms with Crippen molar-refractivity contribution in [3.63, 3.8) is 0 Å². The van der Waals surface area contributed by atoms with E-state index >= 15 is 0 Å². The lowest BCUT2D eigenvalue weighted by Gasteiger charge is -2.22. The molecule has 0 saturated carbocycles. The minimum absolute atomic E-state index is 0.0622. The lowest BCUT2D eigenvalue weighted by atomic mass is 9.80. The topological polar surface area (TPSA) is 4.93 Å². The second-order valence-electron chi connectivity index (χ2n) is 11.0. The van der Waals surface area contributed by atoms with Gasteiger partial charge in [0, 0.05) is 21.9 Å². The molecule has 180 valence electrons. The van der Waals surface area contributed by atoms with Crippen LogP contribution in [0.4, 0.5) is 0 Å². The summed E-state index contributed by atoms with van der Waals surface area (Å²) in [6, 6.07) is 46.8. The summed E-state index contributed by atoms with van der Waals surface area (Å²) in [5, 5.41) is 5.23. The van der Waals surface area contributed by atoms with Crippen molar-refractivity contribution in [2.45, 2.75) is 19.3 Å². The monoisotopic (exact) mass is 485 g/mol. The van der Waals surface area contributed by atoms with E-state index in [9.17, 15) is 0 Å². The molecule has 7 aromatic rings. The predicted molar refractivity (Wildman–Crippen MR) is 161 cm³/mol. The Labute approximate surface area is 222 Å². The molecule has 0 bridgehead atoms. The quantitative estimate of drug-likeness (QED) is 0.230. The smallest absolute Gasteiger partial charge is 0.0544 e. The van der Waals surface area contributed by atoms with E-state index < -0.39 is 0 Å². The van der Waals surface area contributed by atoms with Crippen LogP contribution in [0.5, 0.6) is 0 Å². The highest BCUT2D eigenvalue weighted by molar-refractivity contribution is 6.14. The van der Waals surface area contributed by atoms with Gasteiger partial charge in [-0.1, -0.05) is 111 Å². The molecule has 0 spiro atoms. The van der Waals surface area contributed by atoms with Crippen molar-refractivity contribution in [1.29, 1.82) is 0 Å². The Morgan fingerprint density at radius 1 is 0.526 bits per heavy atom. The van der Waals surface area contributed by atoms with Crippen molar-refractivity contribution in [3.8, 4) is 27.9 Å². The molecule has 6 aromatic carbocycles. The maximum atomic E-state index is 2.45. The van der Waals surface area contributed by atoms with E-state index in [1.54, 1.807) is 0 Å². The zero-order valence-electron chi connectivity index (χ0n) is 21.6. The van der Waals surface area contributed by atoms with Crippen LogP contribution in [0, 0.1) is 0 Å². The van der Waals surface area contributed by atoms with E-state index in [4.69, 9.17) is 0 Å². The third-order valence-electron chi connectivity index (χ3n) is 8.54. The van der Waals surface area contributed by atoms with E-state index in [0.717, 1.165) is 0 Å². The number of fused-ring (bicyclic) bond motifs is 8. The number of para-hydroxylation sites is 1. The molecule has 0 radical (unpaired) electrons. The molecule has 0 aliphatic heterocycles. The average molecular weight is 486 g/mol. The van der Waals surface area contributed by atoms with E-state index in [1.807, 2.05) is 0 Å². The van der Waals surface area contributed by atoms with Crippen molar-refractivity contribution in [1.82, 2.24) is 4.57 Å². The number of hydrogen-bond acceptors (Lipinski definition) is 0. The summed E-state index contributed by atoms with van der Waals surface area (Å²) in [7, 11) is 0. The first-order valence-electron chi connectivity index (χ1n) is 13.4. The molecule has 38 heavy (non-hydrogen) atoms. The normalized spacial score (nSPS) is 13.7. The zero-order valence-corrected chi connectivity index (χ0v) is 21.6. The lowest BCUT2D eigenvalue weighted by Crippen LogP contribution is -2.15. The van der Waals surface area contributed by atoms with Crippen LogP contribution >= 0.6 is 0 Å². The molecule has 1 aliphatic carbocycles. The Kier molecular flexibility index (Phi) is 4.35. The molecule has 1 nitrogen and oxygen atoms in total. The van der Waals surface area contributed by atoms with Gasteiger partial charge in [0.05, 0.1) is 11.0 Å². The summed E-state index contributed by atoms with van der Waals surface area (Å²) in [6.45, 7) is 4.76. The fourth-order valence-corrected chi connectivity index (χ4v) is 6.80. The second-order valence-corrected chi connectivity index (χ2v) is 11.0. The van der Waals surface area contributed by atoms with Gasteiger partial charge >= 0.3 is 0 Å². The number of rotatable bonds is 2. The Bertz CT molecular complexity index is 2050. The van der Waals surface area contributed by atoms with E-state index in [-0.39, 0.29) is 5.41 Å². The minimum atomic E-state index is -0.0622. The van der Waals surface area contributed by atoms with Gasteiger partial charge in [0.1, 0.15) is 0 Å². The first-order valence-corrected chi connectivity index (χ1v) is 13.4. The Morgan fingerprint density at radius 2 is 1.29 bits per heavy atom. The number of nitrogens with zero attached hydrogens (tertiary/aromatic N) is 1. The van der Waals surface area contributed by atoms with Gasteiger partial charge in [-0.05, 0) is 74.5 Å². The molecule has 0 fully saturated rings. The van der Waals surface area contributed by atoms with Gasteiger partial charge in [0.25, 0.3) is 0 Å². The molecular formula is C37H27N. The summed E-state index contributed by atoms with van der Waals surface area (Å²) >= 11 is 0. The molecule has 1 aliphatic rings. The summed E-state index contributed by atoms with van der Waals surface area (Å²) < 4.78 is 2.45. The largest absolute Gasteiger partial charge is 0.309 e. The summed E-state index contributed by atoms with van der Waals surface area (Å²) in [5.74, 6) is 0. The van der Waals surface area contributed by atoms with E-state index in [2.05, 4.69) is 146 Å². The Morgan fingerprint density at radius 3 is 2.21 bits per heavy atom. The fourth-order valence-electron chi connectivity index (χ4n) is 6.80. The van der Waals surface area contributed by atoms with Gasteiger partial charge in [0.2, 0.25) is 0 Å². The van der Waals surface area contributed by atoms with Gasteiger partial charge in [-0.15, -0.1) is 0 Å². The van der Waals surface area contributed by atoms with Crippen LogP contribution in [-0.4, -0.2) is 4.57 Å². The first kappa shape index (κ1) is 21.5. The molecule has 0 saturated heterocycles. The van der Waals surface area contributed by atoms with Crippen LogP contribution in [-0.2, 0) is 5.41 Å². The highest BCUT2D eigenvalue weighted by atomic mass is 15.0. The van der Waals surface area contributed by atoms with E-state index in [1.165, 1.54) is 71.6 Å².